The third-order valence-corrected chi connectivity index (χ3v) is 6.55. The minimum atomic E-state index is -0.580. The summed E-state index contributed by atoms with van der Waals surface area (Å²) in [5.74, 6) is -0.302. The van der Waals surface area contributed by atoms with Gasteiger partial charge in [0.25, 0.3) is 0 Å². The average molecular weight is 431 g/mol. The largest absolute Gasteiger partial charge is 0.469 e. The van der Waals surface area contributed by atoms with E-state index in [1.165, 1.54) is 13.3 Å². The molecule has 30 heavy (non-hydrogen) atoms. The van der Waals surface area contributed by atoms with Crippen molar-refractivity contribution in [2.75, 3.05) is 12.4 Å². The van der Waals surface area contributed by atoms with E-state index in [2.05, 4.69) is 30.5 Å². The average Bonchev–Trinajstić information content (AvgIpc) is 3.18. The number of anilines is 1. The van der Waals surface area contributed by atoms with E-state index in [-0.39, 0.29) is 41.4 Å². The second-order valence-corrected chi connectivity index (χ2v) is 8.34. The number of methoxy groups -OCH3 is 1. The van der Waals surface area contributed by atoms with E-state index in [0.717, 1.165) is 31.9 Å². The van der Waals surface area contributed by atoms with Crippen LogP contribution >= 0.6 is 11.6 Å². The van der Waals surface area contributed by atoms with Crippen LogP contribution < -0.4 is 5.32 Å². The lowest BCUT2D eigenvalue weighted by molar-refractivity contribution is -0.152. The Kier molecular flexibility index (Phi) is 4.77. The van der Waals surface area contributed by atoms with Crippen molar-refractivity contribution in [3.8, 4) is 11.5 Å². The quantitative estimate of drug-likeness (QED) is 0.609. The number of hydrogen-bond donors (Lipinski definition) is 2. The van der Waals surface area contributed by atoms with Crippen molar-refractivity contribution in [2.24, 2.45) is 17.8 Å². The number of esters is 1. The molecule has 2 bridgehead atoms. The molecule has 0 saturated heterocycles. The first-order valence-electron chi connectivity index (χ1n) is 9.92. The normalized spacial score (nSPS) is 25.4. The lowest BCUT2D eigenvalue weighted by Gasteiger charge is -2.47. The first-order valence-corrected chi connectivity index (χ1v) is 10.3. The predicted molar refractivity (Wildman–Crippen MR) is 108 cm³/mol. The summed E-state index contributed by atoms with van der Waals surface area (Å²) < 4.78 is 19.7. The lowest BCUT2D eigenvalue weighted by atomic mass is 9.61. The fourth-order valence-electron chi connectivity index (χ4n) is 4.92. The van der Waals surface area contributed by atoms with Crippen molar-refractivity contribution in [1.82, 2.24) is 25.1 Å². The van der Waals surface area contributed by atoms with Crippen LogP contribution in [0.3, 0.4) is 0 Å². The molecule has 3 fully saturated rings. The monoisotopic (exact) mass is 430 g/mol. The first-order chi connectivity index (χ1) is 14.5. The summed E-state index contributed by atoms with van der Waals surface area (Å²) in [5, 5.41) is 11.3. The number of hydrogen-bond acceptors (Lipinski definition) is 7. The van der Waals surface area contributed by atoms with Crippen molar-refractivity contribution >= 4 is 34.4 Å². The van der Waals surface area contributed by atoms with Crippen LogP contribution in [0.5, 0.6) is 0 Å². The number of ether oxygens (including phenoxy) is 1. The Hall–Kier alpha value is -2.81. The lowest BCUT2D eigenvalue weighted by Crippen LogP contribution is -2.52. The predicted octanol–water partition coefficient (Wildman–Crippen LogP) is 3.60. The molecule has 0 amide bonds. The third kappa shape index (κ3) is 3.17. The van der Waals surface area contributed by atoms with Gasteiger partial charge in [-0.2, -0.15) is 5.10 Å². The molecule has 3 aliphatic carbocycles. The summed E-state index contributed by atoms with van der Waals surface area (Å²) in [6.07, 6.45) is 6.61. The van der Waals surface area contributed by atoms with Gasteiger partial charge in [0.2, 0.25) is 0 Å². The van der Waals surface area contributed by atoms with E-state index in [4.69, 9.17) is 16.3 Å². The topological polar surface area (TPSA) is 106 Å². The van der Waals surface area contributed by atoms with Gasteiger partial charge in [-0.15, -0.1) is 0 Å². The maximum absolute atomic E-state index is 14.6. The zero-order chi connectivity index (χ0) is 20.8. The highest BCUT2D eigenvalue weighted by Gasteiger charge is 2.48. The van der Waals surface area contributed by atoms with Crippen LogP contribution in [0.2, 0.25) is 5.02 Å². The molecule has 156 valence electrons. The Labute approximate surface area is 176 Å². The molecule has 0 spiro atoms. The molecule has 2 unspecified atom stereocenters. The summed E-state index contributed by atoms with van der Waals surface area (Å²) in [6.45, 7) is 0. The summed E-state index contributed by atoms with van der Waals surface area (Å²) in [4.78, 5) is 25.1. The number of carbonyl (C=O) groups is 1. The van der Waals surface area contributed by atoms with Gasteiger partial charge in [-0.3, -0.25) is 9.89 Å². The molecule has 2 atom stereocenters. The van der Waals surface area contributed by atoms with E-state index in [1.54, 1.807) is 6.07 Å². The van der Waals surface area contributed by atoms with Crippen molar-refractivity contribution in [3.63, 3.8) is 0 Å². The Bertz CT molecular complexity index is 1110. The van der Waals surface area contributed by atoms with Gasteiger partial charge in [-0.05, 0) is 43.6 Å². The number of nitrogens with zero attached hydrogens (tertiary/aromatic N) is 4. The second-order valence-electron chi connectivity index (χ2n) is 7.91. The molecular weight excluding hydrogens is 411 g/mol. The zero-order valence-corrected chi connectivity index (χ0v) is 17.0. The Morgan fingerprint density at radius 3 is 2.77 bits per heavy atom. The molecule has 3 aromatic rings. The Morgan fingerprint density at radius 1 is 1.23 bits per heavy atom. The molecule has 3 aromatic heterocycles. The van der Waals surface area contributed by atoms with Crippen LogP contribution in [0.1, 0.15) is 25.7 Å². The molecule has 3 heterocycles. The van der Waals surface area contributed by atoms with Gasteiger partial charge in [0.05, 0.1) is 29.6 Å². The number of fused-ring (bicyclic) bond motifs is 4. The van der Waals surface area contributed by atoms with Crippen LogP contribution in [-0.4, -0.2) is 44.3 Å². The van der Waals surface area contributed by atoms with E-state index in [9.17, 15) is 9.18 Å². The highest BCUT2D eigenvalue weighted by molar-refractivity contribution is 6.31. The van der Waals surface area contributed by atoms with E-state index in [1.807, 2.05) is 0 Å². The second kappa shape index (κ2) is 7.46. The molecule has 0 aliphatic heterocycles. The number of halogens is 2. The van der Waals surface area contributed by atoms with Gasteiger partial charge < -0.3 is 10.1 Å². The molecule has 6 rings (SSSR count). The molecule has 10 heteroatoms. The molecule has 3 aliphatic rings. The molecule has 0 radical (unpaired) electrons. The fraction of sp³-hybridized carbons (Fsp3) is 0.450. The van der Waals surface area contributed by atoms with Gasteiger partial charge in [0.15, 0.2) is 23.1 Å². The maximum atomic E-state index is 14.6. The Morgan fingerprint density at radius 2 is 2.00 bits per heavy atom. The minimum absolute atomic E-state index is 0.0594. The fourth-order valence-corrected chi connectivity index (χ4v) is 5.08. The smallest absolute Gasteiger partial charge is 0.311 e. The Balaban J connectivity index is 1.50. The number of pyridine rings is 1. The number of H-pyrrole nitrogens is 1. The van der Waals surface area contributed by atoms with Crippen molar-refractivity contribution in [1.29, 1.82) is 0 Å². The van der Waals surface area contributed by atoms with Crippen LogP contribution in [0.25, 0.3) is 22.6 Å². The van der Waals surface area contributed by atoms with Gasteiger partial charge >= 0.3 is 5.97 Å². The first kappa shape index (κ1) is 19.2. The molecule has 3 saturated carbocycles. The minimum Gasteiger partial charge on any atom is -0.469 e. The third-order valence-electron chi connectivity index (χ3n) is 6.34. The van der Waals surface area contributed by atoms with Crippen LogP contribution in [-0.2, 0) is 9.53 Å². The van der Waals surface area contributed by atoms with E-state index in [0.29, 0.717) is 21.7 Å². The number of rotatable bonds is 4. The zero-order valence-electron chi connectivity index (χ0n) is 16.2. The highest BCUT2D eigenvalue weighted by Crippen LogP contribution is 2.46. The summed E-state index contributed by atoms with van der Waals surface area (Å²) in [7, 11) is 1.40. The van der Waals surface area contributed by atoms with Gasteiger partial charge in [-0.1, -0.05) is 11.6 Å². The summed E-state index contributed by atoms with van der Waals surface area (Å²) in [5.41, 5.74) is 0.963. The molecule has 8 nitrogen and oxygen atoms in total. The van der Waals surface area contributed by atoms with Crippen LogP contribution in [0.15, 0.2) is 18.5 Å². The number of nitrogens with one attached hydrogen (secondary N) is 2. The van der Waals surface area contributed by atoms with Crippen molar-refractivity contribution < 1.29 is 13.9 Å². The van der Waals surface area contributed by atoms with Crippen LogP contribution in [0, 0.1) is 23.6 Å². The number of carbonyl (C=O) groups excluding carboxylic acids is 1. The van der Waals surface area contributed by atoms with Crippen LogP contribution in [0.4, 0.5) is 10.2 Å². The van der Waals surface area contributed by atoms with Gasteiger partial charge in [0, 0.05) is 12.2 Å². The molecule has 0 aromatic carbocycles. The standard InChI is InChI=1S/C20H20ClFN6O2/c1-30-20(29)14-9-2-4-10(5-3-9)15(14)25-18-13(22)8-24-19(26-18)16-12-6-11(21)7-23-17(12)28-27-16/h6-10,14-15H,2-5H2,1H3,(H,23,27,28)(H,24,25,26). The van der Waals surface area contributed by atoms with E-state index < -0.39 is 5.82 Å². The summed E-state index contributed by atoms with van der Waals surface area (Å²) in [6, 6.07) is 1.48. The summed E-state index contributed by atoms with van der Waals surface area (Å²) >= 11 is 6.05. The molecular formula is C20H20ClFN6O2. The van der Waals surface area contributed by atoms with Gasteiger partial charge in [-0.25, -0.2) is 19.3 Å². The highest BCUT2D eigenvalue weighted by atomic mass is 35.5. The van der Waals surface area contributed by atoms with Crippen molar-refractivity contribution in [3.05, 3.63) is 29.3 Å². The number of aromatic amines is 1. The maximum Gasteiger partial charge on any atom is 0.311 e. The number of aromatic nitrogens is 5. The van der Waals surface area contributed by atoms with Gasteiger partial charge in [0.1, 0.15) is 5.69 Å². The van der Waals surface area contributed by atoms with Crippen molar-refractivity contribution in [2.45, 2.75) is 31.7 Å². The SMILES string of the molecule is COC(=O)C1C2CCC(CC2)C1Nc1nc(-c2[nH]nc3ncc(Cl)cc23)ncc1F. The van der Waals surface area contributed by atoms with E-state index >= 15 is 0 Å². The molecule has 2 N–H and O–H groups in total.